The topological polar surface area (TPSA) is 56.2 Å². The van der Waals surface area contributed by atoms with Crippen LogP contribution in [0.15, 0.2) is 34.8 Å². The molecule has 0 bridgehead atoms. The number of halogens is 3. The van der Waals surface area contributed by atoms with Gasteiger partial charge in [-0.15, -0.1) is 0 Å². The molecule has 0 saturated heterocycles. The average Bonchev–Trinajstić information content (AvgIpc) is 2.80. The molecule has 3 nitrogen and oxygen atoms in total. The highest BCUT2D eigenvalue weighted by Crippen LogP contribution is 2.36. The van der Waals surface area contributed by atoms with Gasteiger partial charge in [0.05, 0.1) is 15.1 Å². The number of hydrogen-bond donors (Lipinski definition) is 1. The molecule has 0 atom stereocenters. The minimum absolute atomic E-state index is 0.371. The smallest absolute Gasteiger partial charge is 0.241 e. The van der Waals surface area contributed by atoms with E-state index in [1.54, 1.807) is 24.3 Å². The van der Waals surface area contributed by atoms with E-state index in [1.807, 2.05) is 0 Å². The lowest BCUT2D eigenvalue weighted by Gasteiger charge is -2.03. The molecule has 0 aliphatic rings. The molecular formula is C13H8Cl3NO2. The van der Waals surface area contributed by atoms with Crippen LogP contribution in [-0.2, 0) is 4.79 Å². The molecule has 1 aromatic carbocycles. The summed E-state index contributed by atoms with van der Waals surface area (Å²) >= 11 is 17.9. The zero-order valence-electron chi connectivity index (χ0n) is 9.49. The van der Waals surface area contributed by atoms with Gasteiger partial charge in [-0.05, 0) is 30.3 Å². The second kappa shape index (κ2) is 5.70. The molecule has 0 fully saturated rings. The van der Waals surface area contributed by atoms with Crippen LogP contribution in [-0.4, -0.2) is 5.91 Å². The number of furan rings is 1. The van der Waals surface area contributed by atoms with Crippen molar-refractivity contribution in [3.05, 3.63) is 51.2 Å². The molecule has 1 aromatic heterocycles. The quantitative estimate of drug-likeness (QED) is 0.673. The normalized spacial score (nSPS) is 11.1. The van der Waals surface area contributed by atoms with Crippen molar-refractivity contribution in [1.82, 2.24) is 0 Å². The van der Waals surface area contributed by atoms with Gasteiger partial charge in [0.2, 0.25) is 5.91 Å². The molecule has 6 heteroatoms. The first-order chi connectivity index (χ1) is 8.97. The van der Waals surface area contributed by atoms with E-state index in [0.717, 1.165) is 0 Å². The van der Waals surface area contributed by atoms with E-state index in [-0.39, 0.29) is 0 Å². The first kappa shape index (κ1) is 14.0. The van der Waals surface area contributed by atoms with Crippen molar-refractivity contribution in [1.29, 1.82) is 0 Å². The van der Waals surface area contributed by atoms with Crippen molar-refractivity contribution in [3.63, 3.8) is 0 Å². The molecule has 19 heavy (non-hydrogen) atoms. The van der Waals surface area contributed by atoms with Gasteiger partial charge in [0.25, 0.3) is 0 Å². The highest BCUT2D eigenvalue weighted by molar-refractivity contribution is 6.44. The summed E-state index contributed by atoms with van der Waals surface area (Å²) in [4.78, 5) is 10.6. The maximum atomic E-state index is 10.6. The lowest BCUT2D eigenvalue weighted by molar-refractivity contribution is -0.113. The summed E-state index contributed by atoms with van der Waals surface area (Å²) in [6, 6.07) is 6.56. The number of primary amides is 1. The minimum atomic E-state index is -0.550. The van der Waals surface area contributed by atoms with Crippen LogP contribution in [0, 0.1) is 0 Å². The summed E-state index contributed by atoms with van der Waals surface area (Å²) in [5, 5.41) is 1.18. The molecule has 2 rings (SSSR count). The van der Waals surface area contributed by atoms with E-state index >= 15 is 0 Å². The molecule has 0 aliphatic carbocycles. The zero-order valence-corrected chi connectivity index (χ0v) is 11.8. The van der Waals surface area contributed by atoms with Gasteiger partial charge in [-0.3, -0.25) is 4.79 Å². The second-order valence-corrected chi connectivity index (χ2v) is 4.91. The van der Waals surface area contributed by atoms with E-state index < -0.39 is 5.91 Å². The molecular weight excluding hydrogens is 309 g/mol. The summed E-state index contributed by atoms with van der Waals surface area (Å²) in [6.07, 6.45) is 2.68. The summed E-state index contributed by atoms with van der Waals surface area (Å²) in [5.74, 6) is 0.453. The Balaban J connectivity index is 2.38. The third-order valence-corrected chi connectivity index (χ3v) is 3.35. The third kappa shape index (κ3) is 3.32. The molecule has 98 valence electrons. The number of hydrogen-bond acceptors (Lipinski definition) is 2. The predicted molar refractivity (Wildman–Crippen MR) is 77.4 cm³/mol. The van der Waals surface area contributed by atoms with Crippen LogP contribution >= 0.6 is 34.8 Å². The van der Waals surface area contributed by atoms with Gasteiger partial charge in [0.15, 0.2) is 0 Å². The highest BCUT2D eigenvalue weighted by atomic mass is 35.5. The van der Waals surface area contributed by atoms with E-state index in [9.17, 15) is 4.79 Å². The standard InChI is InChI=1S/C13H8Cl3NO2/c14-9-6-11(16)10(15)5-8(9)12-3-1-7(19-12)2-4-13(17)18/h1-6H,(H2,17,18)/b4-2-. The van der Waals surface area contributed by atoms with Gasteiger partial charge in [-0.2, -0.15) is 0 Å². The Kier molecular flexibility index (Phi) is 4.20. The maximum absolute atomic E-state index is 10.6. The Bertz CT molecular complexity index is 662. The molecule has 0 radical (unpaired) electrons. The van der Waals surface area contributed by atoms with Crippen LogP contribution in [0.2, 0.25) is 15.1 Å². The van der Waals surface area contributed by atoms with E-state index in [4.69, 9.17) is 45.0 Å². The monoisotopic (exact) mass is 315 g/mol. The summed E-state index contributed by atoms with van der Waals surface area (Å²) in [6.45, 7) is 0. The fraction of sp³-hybridized carbons (Fsp3) is 0. The third-order valence-electron chi connectivity index (χ3n) is 2.31. The number of benzene rings is 1. The number of carbonyl (C=O) groups is 1. The van der Waals surface area contributed by atoms with Crippen molar-refractivity contribution in [3.8, 4) is 11.3 Å². The molecule has 2 N–H and O–H groups in total. The number of rotatable bonds is 3. The molecule has 1 amide bonds. The van der Waals surface area contributed by atoms with Gasteiger partial charge >= 0.3 is 0 Å². The highest BCUT2D eigenvalue weighted by Gasteiger charge is 2.11. The molecule has 2 aromatic rings. The summed E-state index contributed by atoms with van der Waals surface area (Å²) < 4.78 is 5.52. The van der Waals surface area contributed by atoms with Crippen molar-refractivity contribution < 1.29 is 9.21 Å². The van der Waals surface area contributed by atoms with E-state index in [0.29, 0.717) is 32.2 Å². The number of carbonyl (C=O) groups excluding carboxylic acids is 1. The number of amides is 1. The molecule has 0 spiro atoms. The van der Waals surface area contributed by atoms with Crippen molar-refractivity contribution in [2.45, 2.75) is 0 Å². The Morgan fingerprint density at radius 2 is 1.79 bits per heavy atom. The Morgan fingerprint density at radius 3 is 2.47 bits per heavy atom. The van der Waals surface area contributed by atoms with Crippen LogP contribution in [0.4, 0.5) is 0 Å². The van der Waals surface area contributed by atoms with Gasteiger partial charge in [-0.25, -0.2) is 0 Å². The maximum Gasteiger partial charge on any atom is 0.241 e. The molecule has 0 unspecified atom stereocenters. The van der Waals surface area contributed by atoms with Crippen molar-refractivity contribution in [2.75, 3.05) is 0 Å². The van der Waals surface area contributed by atoms with Crippen molar-refractivity contribution >= 4 is 46.8 Å². The van der Waals surface area contributed by atoms with Crippen LogP contribution in [0.1, 0.15) is 5.76 Å². The fourth-order valence-corrected chi connectivity index (χ4v) is 2.10. The summed E-state index contributed by atoms with van der Waals surface area (Å²) in [5.41, 5.74) is 5.62. The predicted octanol–water partition coefficient (Wildman–Crippen LogP) is 4.41. The van der Waals surface area contributed by atoms with Crippen LogP contribution in [0.25, 0.3) is 17.4 Å². The first-order valence-corrected chi connectivity index (χ1v) is 6.33. The van der Waals surface area contributed by atoms with Gasteiger partial charge < -0.3 is 10.2 Å². The molecule has 1 heterocycles. The first-order valence-electron chi connectivity index (χ1n) is 5.19. The SMILES string of the molecule is NC(=O)/C=C\c1ccc(-c2cc(Cl)c(Cl)cc2Cl)o1. The fourth-order valence-electron chi connectivity index (χ4n) is 1.46. The van der Waals surface area contributed by atoms with Crippen molar-refractivity contribution in [2.24, 2.45) is 5.73 Å². The van der Waals surface area contributed by atoms with Gasteiger partial charge in [0, 0.05) is 11.6 Å². The Labute approximate surface area is 124 Å². The lowest BCUT2D eigenvalue weighted by atomic mass is 10.2. The largest absolute Gasteiger partial charge is 0.457 e. The van der Waals surface area contributed by atoms with Crippen LogP contribution in [0.5, 0.6) is 0 Å². The Morgan fingerprint density at radius 1 is 1.11 bits per heavy atom. The van der Waals surface area contributed by atoms with Gasteiger partial charge in [-0.1, -0.05) is 34.8 Å². The number of nitrogens with two attached hydrogens (primary N) is 1. The zero-order chi connectivity index (χ0) is 14.0. The minimum Gasteiger partial charge on any atom is -0.457 e. The van der Waals surface area contributed by atoms with Crippen LogP contribution in [0.3, 0.4) is 0 Å². The average molecular weight is 317 g/mol. The molecule has 0 saturated carbocycles. The molecule has 0 aliphatic heterocycles. The Hall–Kier alpha value is -1.42. The van der Waals surface area contributed by atoms with E-state index in [1.165, 1.54) is 12.2 Å². The van der Waals surface area contributed by atoms with E-state index in [2.05, 4.69) is 0 Å². The lowest BCUT2D eigenvalue weighted by Crippen LogP contribution is -2.04. The van der Waals surface area contributed by atoms with Gasteiger partial charge in [0.1, 0.15) is 11.5 Å². The summed E-state index contributed by atoms with van der Waals surface area (Å²) in [7, 11) is 0. The second-order valence-electron chi connectivity index (χ2n) is 3.68. The van der Waals surface area contributed by atoms with Crippen LogP contribution < -0.4 is 5.73 Å².